The number of nitrogens with one attached hydrogen (secondary N) is 1. The van der Waals surface area contributed by atoms with Gasteiger partial charge in [0.15, 0.2) is 0 Å². The van der Waals surface area contributed by atoms with E-state index in [0.717, 1.165) is 19.5 Å². The summed E-state index contributed by atoms with van der Waals surface area (Å²) in [5, 5.41) is 3.48. The van der Waals surface area contributed by atoms with Crippen LogP contribution in [0.1, 0.15) is 25.8 Å². The summed E-state index contributed by atoms with van der Waals surface area (Å²) in [6.45, 7) is 6.34. The van der Waals surface area contributed by atoms with Gasteiger partial charge in [0.1, 0.15) is 0 Å². The molecule has 1 aliphatic rings. The Hall–Kier alpha value is -1.70. The highest BCUT2D eigenvalue weighted by Gasteiger charge is 2.13. The smallest absolute Gasteiger partial charge is 0.0600 e. The molecule has 2 nitrogen and oxygen atoms in total. The fourth-order valence-electron chi connectivity index (χ4n) is 2.27. The van der Waals surface area contributed by atoms with Crippen LogP contribution in [0, 0.1) is 0 Å². The number of rotatable bonds is 3. The first-order valence-corrected chi connectivity index (χ1v) is 6.68. The Balaban J connectivity index is 2.33. The highest BCUT2D eigenvalue weighted by molar-refractivity contribution is 5.81. The molecule has 1 N–H and O–H groups in total. The molecule has 1 aromatic carbocycles. The summed E-state index contributed by atoms with van der Waals surface area (Å²) >= 11 is 0. The van der Waals surface area contributed by atoms with Gasteiger partial charge in [-0.3, -0.25) is 0 Å². The van der Waals surface area contributed by atoms with Crippen molar-refractivity contribution in [1.82, 2.24) is 0 Å². The van der Waals surface area contributed by atoms with E-state index < -0.39 is 0 Å². The van der Waals surface area contributed by atoms with Crippen molar-refractivity contribution in [2.75, 3.05) is 30.4 Å². The molecule has 0 atom stereocenters. The Morgan fingerprint density at radius 2 is 2.28 bits per heavy atom. The molecular weight excluding hydrogens is 220 g/mol. The summed E-state index contributed by atoms with van der Waals surface area (Å²) in [4.78, 5) is 2.30. The van der Waals surface area contributed by atoms with Crippen molar-refractivity contribution in [3.63, 3.8) is 0 Å². The van der Waals surface area contributed by atoms with Gasteiger partial charge in [0.25, 0.3) is 0 Å². The van der Waals surface area contributed by atoms with Crippen LogP contribution in [0.2, 0.25) is 0 Å². The van der Waals surface area contributed by atoms with Gasteiger partial charge in [-0.15, -0.1) is 0 Å². The largest absolute Gasteiger partial charge is 0.382 e. The highest BCUT2D eigenvalue weighted by Crippen LogP contribution is 2.31. The molecule has 2 rings (SSSR count). The molecule has 1 aromatic rings. The normalized spacial score (nSPS) is 15.7. The van der Waals surface area contributed by atoms with E-state index >= 15 is 0 Å². The number of hydrogen-bond donors (Lipinski definition) is 1. The monoisotopic (exact) mass is 242 g/mol. The molecule has 0 spiro atoms. The lowest BCUT2D eigenvalue weighted by molar-refractivity contribution is 0.887. The summed E-state index contributed by atoms with van der Waals surface area (Å²) in [7, 11) is 2.15. The number of anilines is 2. The lowest BCUT2D eigenvalue weighted by Gasteiger charge is -2.29. The Bertz CT molecular complexity index is 472. The van der Waals surface area contributed by atoms with Crippen molar-refractivity contribution in [3.8, 4) is 0 Å². The quantitative estimate of drug-likeness (QED) is 0.808. The lowest BCUT2D eigenvalue weighted by atomic mass is 10.0. The average molecular weight is 242 g/mol. The first kappa shape index (κ1) is 12.7. The van der Waals surface area contributed by atoms with Crippen LogP contribution in [0.3, 0.4) is 0 Å². The van der Waals surface area contributed by atoms with E-state index in [1.807, 2.05) is 0 Å². The highest BCUT2D eigenvalue weighted by atomic mass is 15.2. The van der Waals surface area contributed by atoms with E-state index in [1.165, 1.54) is 22.5 Å². The number of likely N-dealkylation sites (N-methyl/N-ethyl adjacent to an activating group) is 1. The second-order valence-electron chi connectivity index (χ2n) is 4.63. The SMILES string of the molecule is C/C=C(\C=C/CC)c1ccc2c(c1)NCCN2C. The van der Waals surface area contributed by atoms with E-state index in [0.29, 0.717) is 0 Å². The number of hydrogen-bond acceptors (Lipinski definition) is 2. The van der Waals surface area contributed by atoms with Crippen molar-refractivity contribution in [2.24, 2.45) is 0 Å². The Labute approximate surface area is 110 Å². The third-order valence-electron chi connectivity index (χ3n) is 3.35. The van der Waals surface area contributed by atoms with E-state index in [4.69, 9.17) is 0 Å². The number of nitrogens with zero attached hydrogens (tertiary/aromatic N) is 1. The summed E-state index contributed by atoms with van der Waals surface area (Å²) < 4.78 is 0. The molecule has 0 aliphatic carbocycles. The molecule has 2 heteroatoms. The first-order chi connectivity index (χ1) is 8.76. The van der Waals surface area contributed by atoms with Gasteiger partial charge in [-0.1, -0.05) is 31.2 Å². The van der Waals surface area contributed by atoms with Crippen LogP contribution in [0.5, 0.6) is 0 Å². The van der Waals surface area contributed by atoms with Crippen molar-refractivity contribution in [2.45, 2.75) is 20.3 Å². The van der Waals surface area contributed by atoms with E-state index in [-0.39, 0.29) is 0 Å². The number of benzene rings is 1. The van der Waals surface area contributed by atoms with Gasteiger partial charge >= 0.3 is 0 Å². The fraction of sp³-hybridized carbons (Fsp3) is 0.375. The number of fused-ring (bicyclic) bond motifs is 1. The van der Waals surface area contributed by atoms with Crippen molar-refractivity contribution >= 4 is 16.9 Å². The third-order valence-corrected chi connectivity index (χ3v) is 3.35. The molecular formula is C16H22N2. The molecule has 0 saturated carbocycles. The number of allylic oxidation sites excluding steroid dienone is 4. The second kappa shape index (κ2) is 5.76. The maximum Gasteiger partial charge on any atom is 0.0600 e. The Morgan fingerprint density at radius 3 is 3.00 bits per heavy atom. The summed E-state index contributed by atoms with van der Waals surface area (Å²) in [5.41, 5.74) is 5.10. The van der Waals surface area contributed by atoms with Gasteiger partial charge in [0, 0.05) is 20.1 Å². The second-order valence-corrected chi connectivity index (χ2v) is 4.63. The van der Waals surface area contributed by atoms with E-state index in [9.17, 15) is 0 Å². The van der Waals surface area contributed by atoms with Crippen LogP contribution in [0.4, 0.5) is 11.4 Å². The zero-order chi connectivity index (χ0) is 13.0. The van der Waals surface area contributed by atoms with Crippen LogP contribution in [-0.2, 0) is 0 Å². The maximum absolute atomic E-state index is 3.48. The van der Waals surface area contributed by atoms with Crippen LogP contribution >= 0.6 is 0 Å². The zero-order valence-electron chi connectivity index (χ0n) is 11.5. The molecule has 1 heterocycles. The predicted octanol–water partition coefficient (Wildman–Crippen LogP) is 3.92. The van der Waals surface area contributed by atoms with Gasteiger partial charge in [-0.25, -0.2) is 0 Å². The summed E-state index contributed by atoms with van der Waals surface area (Å²) in [6.07, 6.45) is 7.65. The van der Waals surface area contributed by atoms with Crippen LogP contribution in [0.15, 0.2) is 36.4 Å². The predicted molar refractivity (Wildman–Crippen MR) is 81.3 cm³/mol. The third kappa shape index (κ3) is 2.58. The zero-order valence-corrected chi connectivity index (χ0v) is 11.5. The Morgan fingerprint density at radius 1 is 1.44 bits per heavy atom. The molecule has 1 aliphatic heterocycles. The lowest BCUT2D eigenvalue weighted by Crippen LogP contribution is -2.30. The average Bonchev–Trinajstić information content (AvgIpc) is 2.40. The minimum absolute atomic E-state index is 1.02. The fourth-order valence-corrected chi connectivity index (χ4v) is 2.27. The minimum atomic E-state index is 1.02. The van der Waals surface area contributed by atoms with Crippen LogP contribution in [-0.4, -0.2) is 20.1 Å². The molecule has 0 aromatic heterocycles. The Kier molecular flexibility index (Phi) is 4.08. The molecule has 0 radical (unpaired) electrons. The van der Waals surface area contributed by atoms with Crippen LogP contribution < -0.4 is 10.2 Å². The van der Waals surface area contributed by atoms with Gasteiger partial charge in [0.2, 0.25) is 0 Å². The topological polar surface area (TPSA) is 15.3 Å². The molecule has 0 bridgehead atoms. The van der Waals surface area contributed by atoms with E-state index in [1.54, 1.807) is 0 Å². The van der Waals surface area contributed by atoms with Gasteiger partial charge < -0.3 is 10.2 Å². The van der Waals surface area contributed by atoms with Crippen molar-refractivity contribution < 1.29 is 0 Å². The van der Waals surface area contributed by atoms with Gasteiger partial charge in [-0.2, -0.15) is 0 Å². The standard InChI is InChI=1S/C16H22N2/c1-4-6-7-13(5-2)14-8-9-16-15(12-14)17-10-11-18(16)3/h5-9,12,17H,4,10-11H2,1-3H3/b7-6-,13-5+. The maximum atomic E-state index is 3.48. The van der Waals surface area contributed by atoms with Crippen LogP contribution in [0.25, 0.3) is 5.57 Å². The minimum Gasteiger partial charge on any atom is -0.382 e. The molecule has 0 unspecified atom stereocenters. The van der Waals surface area contributed by atoms with Crippen molar-refractivity contribution in [3.05, 3.63) is 42.0 Å². The molecule has 0 saturated heterocycles. The first-order valence-electron chi connectivity index (χ1n) is 6.68. The van der Waals surface area contributed by atoms with Gasteiger partial charge in [0.05, 0.1) is 11.4 Å². The van der Waals surface area contributed by atoms with Gasteiger partial charge in [-0.05, 0) is 36.6 Å². The summed E-state index contributed by atoms with van der Waals surface area (Å²) in [5.74, 6) is 0. The molecule has 18 heavy (non-hydrogen) atoms. The molecule has 0 fully saturated rings. The molecule has 96 valence electrons. The molecule has 0 amide bonds. The summed E-state index contributed by atoms with van der Waals surface area (Å²) in [6, 6.07) is 6.66. The van der Waals surface area contributed by atoms with Crippen molar-refractivity contribution in [1.29, 1.82) is 0 Å². The van der Waals surface area contributed by atoms with E-state index in [2.05, 4.69) is 67.5 Å².